The summed E-state index contributed by atoms with van der Waals surface area (Å²) in [4.78, 5) is 42.2. The molecule has 160 valence electrons. The molecule has 0 spiro atoms. The van der Waals surface area contributed by atoms with Crippen molar-refractivity contribution < 1.29 is 14.4 Å². The largest absolute Gasteiger partial charge is 0.382 e. The van der Waals surface area contributed by atoms with Gasteiger partial charge in [0.25, 0.3) is 11.8 Å². The van der Waals surface area contributed by atoms with Crippen LogP contribution in [-0.4, -0.2) is 35.2 Å². The Hall–Kier alpha value is -3.93. The molecule has 0 bridgehead atoms. The third kappa shape index (κ3) is 3.34. The lowest BCUT2D eigenvalue weighted by atomic mass is 9.91. The van der Waals surface area contributed by atoms with E-state index in [2.05, 4.69) is 12.2 Å². The predicted molar refractivity (Wildman–Crippen MR) is 123 cm³/mol. The maximum atomic E-state index is 13.7. The monoisotopic (exact) mass is 425 g/mol. The maximum Gasteiger partial charge on any atom is 0.262 e. The van der Waals surface area contributed by atoms with Crippen molar-refractivity contribution in [3.05, 3.63) is 95.6 Å². The van der Waals surface area contributed by atoms with Crippen LogP contribution >= 0.6 is 0 Å². The van der Waals surface area contributed by atoms with Crippen LogP contribution in [0, 0.1) is 0 Å². The average Bonchev–Trinajstić information content (AvgIpc) is 3.05. The molecule has 6 nitrogen and oxygen atoms in total. The van der Waals surface area contributed by atoms with Gasteiger partial charge in [0.2, 0.25) is 5.91 Å². The molecule has 2 atom stereocenters. The van der Waals surface area contributed by atoms with E-state index < -0.39 is 11.8 Å². The topological polar surface area (TPSA) is 69.7 Å². The third-order valence-electron chi connectivity index (χ3n) is 6.08. The molecule has 6 heteroatoms. The maximum absolute atomic E-state index is 13.7. The van der Waals surface area contributed by atoms with Crippen molar-refractivity contribution in [2.75, 3.05) is 16.8 Å². The van der Waals surface area contributed by atoms with Crippen LogP contribution in [0.15, 0.2) is 78.9 Å². The Morgan fingerprint density at radius 2 is 1.50 bits per heavy atom. The van der Waals surface area contributed by atoms with Crippen LogP contribution in [0.1, 0.15) is 45.7 Å². The summed E-state index contributed by atoms with van der Waals surface area (Å²) in [5.74, 6) is -1.14. The molecule has 3 aromatic rings. The Kier molecular flexibility index (Phi) is 4.98. The second-order valence-corrected chi connectivity index (χ2v) is 8.23. The number of hydrogen-bond acceptors (Lipinski definition) is 4. The normalized spacial score (nSPS) is 19.2. The first-order valence-electron chi connectivity index (χ1n) is 10.7. The molecule has 0 fully saturated rings. The second-order valence-electron chi connectivity index (χ2n) is 8.23. The van der Waals surface area contributed by atoms with E-state index in [9.17, 15) is 14.4 Å². The lowest BCUT2D eigenvalue weighted by Crippen LogP contribution is -2.46. The van der Waals surface area contributed by atoms with Gasteiger partial charge in [-0.15, -0.1) is 0 Å². The SMILES string of the molecule is CC1CC(N(C(=O)CN2C(=O)c3ccccc3C2=O)c2ccccc2)c2ccccc2N1. The van der Waals surface area contributed by atoms with Crippen LogP contribution in [0.5, 0.6) is 0 Å². The highest BCUT2D eigenvalue weighted by molar-refractivity contribution is 6.22. The number of imide groups is 1. The number of carbonyl (C=O) groups is 3. The molecule has 0 aliphatic carbocycles. The fourth-order valence-electron chi connectivity index (χ4n) is 4.63. The Balaban J connectivity index is 1.51. The zero-order valence-electron chi connectivity index (χ0n) is 17.7. The first-order valence-corrected chi connectivity index (χ1v) is 10.7. The molecule has 1 N–H and O–H groups in total. The Labute approximate surface area is 186 Å². The van der Waals surface area contributed by atoms with E-state index in [1.807, 2.05) is 54.6 Å². The number of fused-ring (bicyclic) bond motifs is 2. The van der Waals surface area contributed by atoms with Crippen molar-refractivity contribution in [1.29, 1.82) is 0 Å². The Morgan fingerprint density at radius 1 is 0.906 bits per heavy atom. The predicted octanol–water partition coefficient (Wildman–Crippen LogP) is 4.26. The molecule has 3 amide bonds. The number of benzene rings is 3. The molecule has 0 saturated carbocycles. The van der Waals surface area contributed by atoms with E-state index in [1.54, 1.807) is 29.2 Å². The van der Waals surface area contributed by atoms with E-state index >= 15 is 0 Å². The molecular formula is C26H23N3O3. The number of anilines is 2. The van der Waals surface area contributed by atoms with Crippen LogP contribution in [0.25, 0.3) is 0 Å². The summed E-state index contributed by atoms with van der Waals surface area (Å²) in [7, 11) is 0. The van der Waals surface area contributed by atoms with Crippen LogP contribution < -0.4 is 10.2 Å². The molecule has 3 aromatic carbocycles. The Bertz CT molecular complexity index is 1170. The minimum Gasteiger partial charge on any atom is -0.382 e. The summed E-state index contributed by atoms with van der Waals surface area (Å²) in [6.45, 7) is 1.78. The average molecular weight is 425 g/mol. The summed E-state index contributed by atoms with van der Waals surface area (Å²) in [6.07, 6.45) is 0.708. The van der Waals surface area contributed by atoms with Gasteiger partial charge >= 0.3 is 0 Å². The van der Waals surface area contributed by atoms with Gasteiger partial charge in [-0.2, -0.15) is 0 Å². The number of amides is 3. The standard InChI is InChI=1S/C26H23N3O3/c1-17-15-23(21-13-7-8-14-22(21)27-17)29(18-9-3-2-4-10-18)24(30)16-28-25(31)19-11-5-6-12-20(19)26(28)32/h2-14,17,23,27H,15-16H2,1H3. The van der Waals surface area contributed by atoms with Crippen molar-refractivity contribution in [2.45, 2.75) is 25.4 Å². The lowest BCUT2D eigenvalue weighted by Gasteiger charge is -2.39. The highest BCUT2D eigenvalue weighted by Gasteiger charge is 2.39. The van der Waals surface area contributed by atoms with E-state index in [1.165, 1.54) is 0 Å². The summed E-state index contributed by atoms with van der Waals surface area (Å²) >= 11 is 0. The quantitative estimate of drug-likeness (QED) is 0.634. The van der Waals surface area contributed by atoms with Crippen molar-refractivity contribution in [2.24, 2.45) is 0 Å². The molecule has 0 saturated heterocycles. The fourth-order valence-corrected chi connectivity index (χ4v) is 4.63. The molecule has 5 rings (SSSR count). The van der Waals surface area contributed by atoms with Gasteiger partial charge in [0.05, 0.1) is 17.2 Å². The van der Waals surface area contributed by atoms with Crippen molar-refractivity contribution in [1.82, 2.24) is 4.90 Å². The number of para-hydroxylation sites is 2. The minimum atomic E-state index is -0.425. The highest BCUT2D eigenvalue weighted by atomic mass is 16.2. The van der Waals surface area contributed by atoms with Gasteiger partial charge in [-0.25, -0.2) is 0 Å². The Morgan fingerprint density at radius 3 is 2.19 bits per heavy atom. The first kappa shape index (κ1) is 20.0. The molecule has 0 aromatic heterocycles. The van der Waals surface area contributed by atoms with Crippen LogP contribution in [0.3, 0.4) is 0 Å². The zero-order valence-corrected chi connectivity index (χ0v) is 17.7. The van der Waals surface area contributed by atoms with Gasteiger partial charge < -0.3 is 10.2 Å². The molecular weight excluding hydrogens is 402 g/mol. The van der Waals surface area contributed by atoms with Gasteiger partial charge in [-0.3, -0.25) is 19.3 Å². The van der Waals surface area contributed by atoms with Crippen LogP contribution in [0.2, 0.25) is 0 Å². The van der Waals surface area contributed by atoms with Gasteiger partial charge in [0.1, 0.15) is 6.54 Å². The van der Waals surface area contributed by atoms with Crippen molar-refractivity contribution in [3.63, 3.8) is 0 Å². The minimum absolute atomic E-state index is 0.160. The smallest absolute Gasteiger partial charge is 0.262 e. The number of rotatable bonds is 4. The zero-order chi connectivity index (χ0) is 22.2. The van der Waals surface area contributed by atoms with Crippen molar-refractivity contribution in [3.8, 4) is 0 Å². The summed E-state index contributed by atoms with van der Waals surface area (Å²) < 4.78 is 0. The molecule has 32 heavy (non-hydrogen) atoms. The number of nitrogens with one attached hydrogen (secondary N) is 1. The number of nitrogens with zero attached hydrogens (tertiary/aromatic N) is 2. The molecule has 2 aliphatic rings. The number of hydrogen-bond donors (Lipinski definition) is 1. The van der Waals surface area contributed by atoms with E-state index in [-0.39, 0.29) is 24.5 Å². The van der Waals surface area contributed by atoms with Gasteiger partial charge in [0.15, 0.2) is 0 Å². The van der Waals surface area contributed by atoms with E-state index in [4.69, 9.17) is 0 Å². The second kappa shape index (κ2) is 7.96. The number of carbonyl (C=O) groups excluding carboxylic acids is 3. The van der Waals surface area contributed by atoms with E-state index in [0.29, 0.717) is 17.5 Å². The first-order chi connectivity index (χ1) is 15.5. The molecule has 2 aliphatic heterocycles. The molecule has 2 heterocycles. The van der Waals surface area contributed by atoms with Gasteiger partial charge in [-0.1, -0.05) is 48.5 Å². The lowest BCUT2D eigenvalue weighted by molar-refractivity contribution is -0.119. The fraction of sp³-hybridized carbons (Fsp3) is 0.192. The molecule has 2 unspecified atom stereocenters. The third-order valence-corrected chi connectivity index (χ3v) is 6.08. The van der Waals surface area contributed by atoms with Crippen molar-refractivity contribution >= 4 is 29.1 Å². The van der Waals surface area contributed by atoms with Crippen LogP contribution in [-0.2, 0) is 4.79 Å². The summed E-state index contributed by atoms with van der Waals surface area (Å²) in [5, 5.41) is 3.48. The highest BCUT2D eigenvalue weighted by Crippen LogP contribution is 2.39. The summed E-state index contributed by atoms with van der Waals surface area (Å²) in [6, 6.07) is 24.0. The molecule has 0 radical (unpaired) electrons. The van der Waals surface area contributed by atoms with Gasteiger partial charge in [-0.05, 0) is 49.2 Å². The summed E-state index contributed by atoms with van der Waals surface area (Å²) in [5.41, 5.74) is 3.44. The van der Waals surface area contributed by atoms with Crippen LogP contribution in [0.4, 0.5) is 11.4 Å². The van der Waals surface area contributed by atoms with Gasteiger partial charge in [0, 0.05) is 17.4 Å². The van der Waals surface area contributed by atoms with E-state index in [0.717, 1.165) is 21.8 Å².